The van der Waals surface area contributed by atoms with Crippen LogP contribution in [0.3, 0.4) is 0 Å². The van der Waals surface area contributed by atoms with Gasteiger partial charge in [0, 0.05) is 31.2 Å². The fourth-order valence-corrected chi connectivity index (χ4v) is 3.93. The van der Waals surface area contributed by atoms with Gasteiger partial charge in [-0.05, 0) is 44.9 Å². The Bertz CT molecular complexity index is 277. The fourth-order valence-electron chi connectivity index (χ4n) is 3.93. The molecular formula is C16H30N2. The minimum atomic E-state index is 0.304. The van der Waals surface area contributed by atoms with Gasteiger partial charge in [-0.1, -0.05) is 25.7 Å². The quantitative estimate of drug-likeness (QED) is 0.719. The van der Waals surface area contributed by atoms with Crippen molar-refractivity contribution in [3.05, 3.63) is 0 Å². The molecule has 3 fully saturated rings. The smallest absolute Gasteiger partial charge is 0.0252 e. The van der Waals surface area contributed by atoms with Crippen LogP contribution in [0.25, 0.3) is 0 Å². The average molecular weight is 250 g/mol. The van der Waals surface area contributed by atoms with Gasteiger partial charge in [0.25, 0.3) is 0 Å². The summed E-state index contributed by atoms with van der Waals surface area (Å²) >= 11 is 0. The Morgan fingerprint density at radius 2 is 1.61 bits per heavy atom. The van der Waals surface area contributed by atoms with E-state index in [2.05, 4.69) is 24.1 Å². The van der Waals surface area contributed by atoms with Crippen LogP contribution in [-0.2, 0) is 0 Å². The topological polar surface area (TPSA) is 15.3 Å². The Kier molecular flexibility index (Phi) is 3.44. The van der Waals surface area contributed by atoms with Crippen molar-refractivity contribution in [3.8, 4) is 0 Å². The third-order valence-corrected chi connectivity index (χ3v) is 5.38. The van der Waals surface area contributed by atoms with E-state index in [1.54, 1.807) is 0 Å². The molecule has 1 spiro atoms. The van der Waals surface area contributed by atoms with Crippen LogP contribution in [0.15, 0.2) is 0 Å². The Morgan fingerprint density at radius 3 is 2.22 bits per heavy atom. The minimum Gasteiger partial charge on any atom is -0.310 e. The van der Waals surface area contributed by atoms with Crippen LogP contribution in [0.5, 0.6) is 0 Å². The first kappa shape index (κ1) is 12.9. The third-order valence-electron chi connectivity index (χ3n) is 5.38. The van der Waals surface area contributed by atoms with E-state index in [0.717, 1.165) is 6.04 Å². The molecular weight excluding hydrogens is 220 g/mol. The van der Waals surface area contributed by atoms with Crippen LogP contribution in [-0.4, -0.2) is 36.1 Å². The second-order valence-corrected chi connectivity index (χ2v) is 7.79. The number of nitrogens with zero attached hydrogens (tertiary/aromatic N) is 1. The molecule has 18 heavy (non-hydrogen) atoms. The van der Waals surface area contributed by atoms with Gasteiger partial charge in [-0.2, -0.15) is 0 Å². The lowest BCUT2D eigenvalue weighted by Gasteiger charge is -2.36. The number of hydrogen-bond acceptors (Lipinski definition) is 2. The highest BCUT2D eigenvalue weighted by Crippen LogP contribution is 2.48. The summed E-state index contributed by atoms with van der Waals surface area (Å²) in [5.74, 6) is 0. The lowest BCUT2D eigenvalue weighted by Crippen LogP contribution is -2.49. The van der Waals surface area contributed by atoms with E-state index in [-0.39, 0.29) is 0 Å². The largest absolute Gasteiger partial charge is 0.310 e. The zero-order valence-corrected chi connectivity index (χ0v) is 12.3. The molecule has 0 aromatic rings. The molecule has 2 saturated carbocycles. The second-order valence-electron chi connectivity index (χ2n) is 7.79. The summed E-state index contributed by atoms with van der Waals surface area (Å²) in [4.78, 5) is 2.86. The van der Waals surface area contributed by atoms with Crippen LogP contribution in [0.4, 0.5) is 0 Å². The standard InChI is InChI=1S/C16H30N2/c1-15(2)12-18(13-16(9-10-16)11-17-15)14-7-5-3-4-6-8-14/h14,17H,3-13H2,1-2H3. The molecule has 0 amide bonds. The summed E-state index contributed by atoms with van der Waals surface area (Å²) in [5, 5.41) is 3.82. The molecule has 2 aliphatic carbocycles. The normalized spacial score (nSPS) is 33.0. The van der Waals surface area contributed by atoms with Crippen molar-refractivity contribution in [1.29, 1.82) is 0 Å². The highest BCUT2D eigenvalue weighted by molar-refractivity contribution is 5.03. The molecule has 0 aromatic heterocycles. The van der Waals surface area contributed by atoms with E-state index in [1.807, 2.05) is 0 Å². The third kappa shape index (κ3) is 2.91. The van der Waals surface area contributed by atoms with Gasteiger partial charge in [0.05, 0.1) is 0 Å². The zero-order chi connectivity index (χ0) is 12.6. The summed E-state index contributed by atoms with van der Waals surface area (Å²) in [6.45, 7) is 8.65. The Morgan fingerprint density at radius 1 is 0.944 bits per heavy atom. The molecule has 3 rings (SSSR count). The van der Waals surface area contributed by atoms with Gasteiger partial charge < -0.3 is 5.32 Å². The molecule has 3 aliphatic rings. The number of rotatable bonds is 1. The minimum absolute atomic E-state index is 0.304. The molecule has 0 aromatic carbocycles. The van der Waals surface area contributed by atoms with Crippen molar-refractivity contribution in [1.82, 2.24) is 10.2 Å². The molecule has 2 nitrogen and oxygen atoms in total. The van der Waals surface area contributed by atoms with Crippen molar-refractivity contribution in [3.63, 3.8) is 0 Å². The summed E-state index contributed by atoms with van der Waals surface area (Å²) in [5.41, 5.74) is 0.957. The van der Waals surface area contributed by atoms with Crippen LogP contribution < -0.4 is 5.32 Å². The zero-order valence-electron chi connectivity index (χ0n) is 12.3. The van der Waals surface area contributed by atoms with E-state index in [9.17, 15) is 0 Å². The van der Waals surface area contributed by atoms with Gasteiger partial charge in [0.1, 0.15) is 0 Å². The monoisotopic (exact) mass is 250 g/mol. The molecule has 1 aliphatic heterocycles. The summed E-state index contributed by atoms with van der Waals surface area (Å²) in [6, 6.07) is 0.879. The van der Waals surface area contributed by atoms with Crippen LogP contribution in [0.2, 0.25) is 0 Å². The first-order chi connectivity index (χ1) is 8.59. The number of nitrogens with one attached hydrogen (secondary N) is 1. The van der Waals surface area contributed by atoms with Crippen molar-refractivity contribution in [2.75, 3.05) is 19.6 Å². The van der Waals surface area contributed by atoms with Crippen LogP contribution in [0.1, 0.15) is 65.2 Å². The van der Waals surface area contributed by atoms with Crippen molar-refractivity contribution < 1.29 is 0 Å². The van der Waals surface area contributed by atoms with Crippen molar-refractivity contribution >= 4 is 0 Å². The number of hydrogen-bond donors (Lipinski definition) is 1. The fraction of sp³-hybridized carbons (Fsp3) is 1.00. The maximum atomic E-state index is 3.82. The van der Waals surface area contributed by atoms with Gasteiger partial charge in [-0.3, -0.25) is 4.90 Å². The Labute approximate surface area is 113 Å². The van der Waals surface area contributed by atoms with Gasteiger partial charge >= 0.3 is 0 Å². The molecule has 0 bridgehead atoms. The molecule has 0 unspecified atom stereocenters. The van der Waals surface area contributed by atoms with E-state index < -0.39 is 0 Å². The van der Waals surface area contributed by atoms with Crippen molar-refractivity contribution in [2.45, 2.75) is 76.8 Å². The van der Waals surface area contributed by atoms with Crippen LogP contribution >= 0.6 is 0 Å². The lowest BCUT2D eigenvalue weighted by atomic mass is 10.0. The average Bonchev–Trinajstić information content (AvgIpc) is 3.10. The first-order valence-electron chi connectivity index (χ1n) is 8.08. The SMILES string of the molecule is CC1(C)CN(C2CCCCCC2)CC2(CC2)CN1. The van der Waals surface area contributed by atoms with E-state index in [4.69, 9.17) is 0 Å². The van der Waals surface area contributed by atoms with E-state index >= 15 is 0 Å². The van der Waals surface area contributed by atoms with Gasteiger partial charge in [-0.25, -0.2) is 0 Å². The van der Waals surface area contributed by atoms with E-state index in [1.165, 1.54) is 71.0 Å². The molecule has 1 heterocycles. The molecule has 1 saturated heterocycles. The molecule has 0 radical (unpaired) electrons. The highest BCUT2D eigenvalue weighted by atomic mass is 15.2. The van der Waals surface area contributed by atoms with Crippen LogP contribution in [0, 0.1) is 5.41 Å². The Balaban J connectivity index is 1.71. The van der Waals surface area contributed by atoms with Gasteiger partial charge in [0.2, 0.25) is 0 Å². The van der Waals surface area contributed by atoms with Crippen molar-refractivity contribution in [2.24, 2.45) is 5.41 Å². The summed E-state index contributed by atoms with van der Waals surface area (Å²) in [6.07, 6.45) is 11.7. The predicted molar refractivity (Wildman–Crippen MR) is 76.8 cm³/mol. The van der Waals surface area contributed by atoms with E-state index in [0.29, 0.717) is 11.0 Å². The highest BCUT2D eigenvalue weighted by Gasteiger charge is 2.48. The molecule has 2 heteroatoms. The molecule has 0 atom stereocenters. The molecule has 104 valence electrons. The predicted octanol–water partition coefficient (Wildman–Crippen LogP) is 3.17. The lowest BCUT2D eigenvalue weighted by molar-refractivity contribution is 0.139. The summed E-state index contributed by atoms with van der Waals surface area (Å²) < 4.78 is 0. The second kappa shape index (κ2) is 4.79. The summed E-state index contributed by atoms with van der Waals surface area (Å²) in [7, 11) is 0. The van der Waals surface area contributed by atoms with Gasteiger partial charge in [0.15, 0.2) is 0 Å². The maximum Gasteiger partial charge on any atom is 0.0252 e. The molecule has 1 N–H and O–H groups in total. The maximum absolute atomic E-state index is 3.82. The Hall–Kier alpha value is -0.0800. The first-order valence-corrected chi connectivity index (χ1v) is 8.08. The van der Waals surface area contributed by atoms with Gasteiger partial charge in [-0.15, -0.1) is 0 Å².